The van der Waals surface area contributed by atoms with E-state index in [1.54, 1.807) is 0 Å². The van der Waals surface area contributed by atoms with Crippen LogP contribution in [0.15, 0.2) is 108 Å². The number of rotatable bonds is 0. The zero-order valence-corrected chi connectivity index (χ0v) is 32.2. The summed E-state index contributed by atoms with van der Waals surface area (Å²) in [5.74, 6) is 1.78. The SMILES string of the molecule is CC(C)(C)c1ccc2c(c1)B1c3cc4c(cc3-c3cc(C(C)(C)C)cc5c3N1c1c-2ccc2c1B5c1oc3ccccc3c1O2)C(C)(C)c1ccccc1-4. The summed E-state index contributed by atoms with van der Waals surface area (Å²) in [6.07, 6.45) is 0. The summed E-state index contributed by atoms with van der Waals surface area (Å²) < 4.78 is 13.9. The highest BCUT2D eigenvalue weighted by Gasteiger charge is 2.54. The summed E-state index contributed by atoms with van der Waals surface area (Å²) in [7, 11) is 0. The molecular formula is C49H41B2NO2. The first kappa shape index (κ1) is 31.0. The maximum Gasteiger partial charge on any atom is 0.329 e. The molecule has 0 N–H and O–H groups in total. The van der Waals surface area contributed by atoms with Crippen molar-refractivity contribution in [3.63, 3.8) is 0 Å². The van der Waals surface area contributed by atoms with Crippen molar-refractivity contribution in [1.82, 2.24) is 0 Å². The predicted octanol–water partition coefficient (Wildman–Crippen LogP) is 9.17. The Morgan fingerprint density at radius 1 is 0.574 bits per heavy atom. The minimum atomic E-state index is -0.109. The van der Waals surface area contributed by atoms with Crippen LogP contribution < -0.4 is 37.1 Å². The molecule has 0 fully saturated rings. The van der Waals surface area contributed by atoms with Gasteiger partial charge in [-0.3, -0.25) is 0 Å². The molecule has 0 bridgehead atoms. The van der Waals surface area contributed by atoms with Crippen molar-refractivity contribution in [1.29, 1.82) is 0 Å². The number of anilines is 2. The van der Waals surface area contributed by atoms with Crippen molar-refractivity contribution in [2.45, 2.75) is 71.6 Å². The van der Waals surface area contributed by atoms with E-state index in [0.29, 0.717) is 0 Å². The van der Waals surface area contributed by atoms with E-state index < -0.39 is 0 Å². The third-order valence-electron chi connectivity index (χ3n) is 13.4. The van der Waals surface area contributed by atoms with Crippen molar-refractivity contribution < 1.29 is 9.15 Å². The lowest BCUT2D eigenvalue weighted by Gasteiger charge is -2.50. The van der Waals surface area contributed by atoms with Crippen LogP contribution in [-0.2, 0) is 16.2 Å². The van der Waals surface area contributed by atoms with Gasteiger partial charge < -0.3 is 14.0 Å². The Kier molecular flexibility index (Phi) is 5.52. The van der Waals surface area contributed by atoms with Gasteiger partial charge in [0.1, 0.15) is 17.0 Å². The Labute approximate surface area is 318 Å². The molecule has 7 aromatic rings. The maximum absolute atomic E-state index is 6.97. The molecule has 6 aromatic carbocycles. The summed E-state index contributed by atoms with van der Waals surface area (Å²) in [4.78, 5) is 2.72. The molecule has 0 saturated carbocycles. The standard InChI is InChI=1S/C49H41B2NO2/c1-47(2,3)26-17-18-29-30-19-20-41-42-44(30)52-43-34(21-27(48(4,5)6)23-39(43)50(42)46-45(53-41)31-14-10-12-16-40(31)54-46)33-24-36-32(25-38(33)51(52)37(29)22-26)28-13-9-11-15-35(28)49(36,7)8/h9-25H,1-8H3. The number of furan rings is 1. The number of hydrogen-bond acceptors (Lipinski definition) is 3. The summed E-state index contributed by atoms with van der Waals surface area (Å²) in [6.45, 7) is 18.7. The molecule has 5 heteroatoms. The van der Waals surface area contributed by atoms with Gasteiger partial charge in [-0.1, -0.05) is 128 Å². The van der Waals surface area contributed by atoms with Gasteiger partial charge in [0.2, 0.25) is 0 Å². The van der Waals surface area contributed by atoms with Crippen LogP contribution in [0.1, 0.15) is 77.6 Å². The average Bonchev–Trinajstić information content (AvgIpc) is 3.63. The van der Waals surface area contributed by atoms with Gasteiger partial charge in [0.15, 0.2) is 5.75 Å². The molecule has 54 heavy (non-hydrogen) atoms. The molecule has 0 amide bonds. The Hall–Kier alpha value is -5.41. The topological polar surface area (TPSA) is 25.6 Å². The highest BCUT2D eigenvalue weighted by atomic mass is 16.5. The lowest BCUT2D eigenvalue weighted by Crippen LogP contribution is -2.68. The summed E-state index contributed by atoms with van der Waals surface area (Å²) in [6, 6.07) is 39.4. The van der Waals surface area contributed by atoms with Crippen LogP contribution in [-0.4, -0.2) is 13.6 Å². The third-order valence-corrected chi connectivity index (χ3v) is 13.4. The lowest BCUT2D eigenvalue weighted by molar-refractivity contribution is 0.482. The maximum atomic E-state index is 6.97. The molecule has 0 saturated heterocycles. The quantitative estimate of drug-likeness (QED) is 0.148. The molecule has 0 radical (unpaired) electrons. The minimum Gasteiger partial charge on any atom is -0.466 e. The van der Waals surface area contributed by atoms with Crippen molar-refractivity contribution in [2.24, 2.45) is 0 Å². The minimum absolute atomic E-state index is 0.00671. The Morgan fingerprint density at radius 3 is 2.11 bits per heavy atom. The van der Waals surface area contributed by atoms with Crippen molar-refractivity contribution in [3.05, 3.63) is 125 Å². The molecule has 1 aromatic heterocycles. The molecule has 5 heterocycles. The number of para-hydroxylation sites is 1. The number of fused-ring (bicyclic) bond motifs is 14. The van der Waals surface area contributed by atoms with E-state index in [2.05, 4.69) is 163 Å². The predicted molar refractivity (Wildman–Crippen MR) is 227 cm³/mol. The first-order chi connectivity index (χ1) is 25.8. The van der Waals surface area contributed by atoms with E-state index in [9.17, 15) is 0 Å². The van der Waals surface area contributed by atoms with Crippen LogP contribution in [0, 0.1) is 0 Å². The normalized spacial score (nSPS) is 16.0. The fourth-order valence-corrected chi connectivity index (χ4v) is 10.6. The van der Waals surface area contributed by atoms with Crippen LogP contribution in [0.25, 0.3) is 44.3 Å². The Morgan fingerprint density at radius 2 is 1.30 bits per heavy atom. The molecule has 4 aliphatic heterocycles. The number of hydrogen-bond donors (Lipinski definition) is 0. The monoisotopic (exact) mass is 697 g/mol. The van der Waals surface area contributed by atoms with Crippen molar-refractivity contribution in [2.75, 3.05) is 4.81 Å². The summed E-state index contributed by atoms with van der Waals surface area (Å²) >= 11 is 0. The van der Waals surface area contributed by atoms with Crippen LogP contribution in [0.4, 0.5) is 11.4 Å². The smallest absolute Gasteiger partial charge is 0.329 e. The molecule has 1 aliphatic carbocycles. The molecule has 5 aliphatic rings. The Bertz CT molecular complexity index is 2880. The van der Waals surface area contributed by atoms with Crippen molar-refractivity contribution >= 4 is 63.4 Å². The van der Waals surface area contributed by atoms with Crippen LogP contribution >= 0.6 is 0 Å². The van der Waals surface area contributed by atoms with Crippen LogP contribution in [0.5, 0.6) is 11.5 Å². The van der Waals surface area contributed by atoms with Gasteiger partial charge in [0.05, 0.1) is 5.39 Å². The largest absolute Gasteiger partial charge is 0.466 e. The first-order valence-electron chi connectivity index (χ1n) is 19.6. The van der Waals surface area contributed by atoms with Gasteiger partial charge in [0.25, 0.3) is 0 Å². The molecule has 0 spiro atoms. The fraction of sp³-hybridized carbons (Fsp3) is 0.224. The van der Waals surface area contributed by atoms with E-state index in [-0.39, 0.29) is 29.8 Å². The number of benzene rings is 6. The van der Waals surface area contributed by atoms with Crippen LogP contribution in [0.3, 0.4) is 0 Å². The van der Waals surface area contributed by atoms with E-state index >= 15 is 0 Å². The molecule has 12 rings (SSSR count). The Balaban J connectivity index is 1.27. The molecule has 0 unspecified atom stereocenters. The second-order valence-electron chi connectivity index (χ2n) is 18.9. The van der Waals surface area contributed by atoms with Crippen molar-refractivity contribution in [3.8, 4) is 44.9 Å². The average molecular weight is 697 g/mol. The molecule has 260 valence electrons. The summed E-state index contributed by atoms with van der Waals surface area (Å²) in [5, 5.41) is 1.03. The van der Waals surface area contributed by atoms with Crippen LogP contribution in [0.2, 0.25) is 0 Å². The van der Waals surface area contributed by atoms with Gasteiger partial charge in [-0.15, -0.1) is 0 Å². The third kappa shape index (κ3) is 3.66. The molecule has 0 atom stereocenters. The van der Waals surface area contributed by atoms with E-state index in [1.807, 2.05) is 0 Å². The number of ether oxygens (including phenoxy) is 1. The molecular weight excluding hydrogens is 656 g/mol. The van der Waals surface area contributed by atoms with Gasteiger partial charge in [0, 0.05) is 33.4 Å². The second-order valence-corrected chi connectivity index (χ2v) is 18.9. The summed E-state index contributed by atoms with van der Waals surface area (Å²) in [5.41, 5.74) is 22.9. The van der Waals surface area contributed by atoms with Gasteiger partial charge in [-0.05, 0) is 102 Å². The second kappa shape index (κ2) is 9.63. The van der Waals surface area contributed by atoms with Gasteiger partial charge in [-0.25, -0.2) is 0 Å². The highest BCUT2D eigenvalue weighted by Crippen LogP contribution is 2.54. The van der Waals surface area contributed by atoms with Gasteiger partial charge >= 0.3 is 13.6 Å². The first-order valence-corrected chi connectivity index (χ1v) is 19.6. The van der Waals surface area contributed by atoms with E-state index in [1.165, 1.54) is 88.9 Å². The van der Waals surface area contributed by atoms with E-state index in [0.717, 1.165) is 28.1 Å². The van der Waals surface area contributed by atoms with Gasteiger partial charge in [-0.2, -0.15) is 0 Å². The zero-order valence-electron chi connectivity index (χ0n) is 32.2. The fourth-order valence-electron chi connectivity index (χ4n) is 10.6. The lowest BCUT2D eigenvalue weighted by atomic mass is 9.32. The molecule has 3 nitrogen and oxygen atoms in total. The number of nitrogens with zero attached hydrogens (tertiary/aromatic N) is 1. The highest BCUT2D eigenvalue weighted by molar-refractivity contribution is 7.02. The zero-order chi connectivity index (χ0) is 36.8. The van der Waals surface area contributed by atoms with E-state index in [4.69, 9.17) is 9.15 Å².